The first kappa shape index (κ1) is 13.6. The van der Waals surface area contributed by atoms with Gasteiger partial charge in [-0.2, -0.15) is 5.26 Å². The monoisotopic (exact) mass is 269 g/mol. The molecule has 0 saturated heterocycles. The number of hydrogen-bond acceptors (Lipinski definition) is 2. The van der Waals surface area contributed by atoms with Gasteiger partial charge in [-0.15, -0.1) is 0 Å². The molecule has 2 heteroatoms. The largest absolute Gasteiger partial charge is 0.388 e. The third-order valence-corrected chi connectivity index (χ3v) is 5.73. The van der Waals surface area contributed by atoms with E-state index < -0.39 is 11.0 Å². The average molecular weight is 269 g/mol. The molecule has 0 radical (unpaired) electrons. The van der Waals surface area contributed by atoms with E-state index >= 15 is 0 Å². The van der Waals surface area contributed by atoms with E-state index in [9.17, 15) is 10.4 Å². The maximum Gasteiger partial charge on any atom is 0.0913 e. The van der Waals surface area contributed by atoms with Gasteiger partial charge in [0.25, 0.3) is 0 Å². The van der Waals surface area contributed by atoms with Gasteiger partial charge < -0.3 is 5.11 Å². The maximum atomic E-state index is 11.2. The smallest absolute Gasteiger partial charge is 0.0913 e. The SMILES string of the molecule is CCC1CCC(C#N)(C2(O)Cc3ccccc3C2)CC1. The quantitative estimate of drug-likeness (QED) is 0.891. The van der Waals surface area contributed by atoms with Crippen molar-refractivity contribution in [2.24, 2.45) is 11.3 Å². The van der Waals surface area contributed by atoms with E-state index in [1.165, 1.54) is 17.5 Å². The molecule has 0 spiro atoms. The Balaban J connectivity index is 1.87. The molecule has 2 nitrogen and oxygen atoms in total. The number of benzene rings is 1. The van der Waals surface area contributed by atoms with Gasteiger partial charge in [0, 0.05) is 12.8 Å². The summed E-state index contributed by atoms with van der Waals surface area (Å²) >= 11 is 0. The minimum absolute atomic E-state index is 0.544. The fourth-order valence-electron chi connectivity index (χ4n) is 4.19. The summed E-state index contributed by atoms with van der Waals surface area (Å²) < 4.78 is 0. The van der Waals surface area contributed by atoms with Gasteiger partial charge >= 0.3 is 0 Å². The van der Waals surface area contributed by atoms with E-state index in [1.807, 2.05) is 12.1 Å². The lowest BCUT2D eigenvalue weighted by molar-refractivity contribution is -0.0703. The van der Waals surface area contributed by atoms with Crippen molar-refractivity contribution in [3.05, 3.63) is 35.4 Å². The molecule has 0 bridgehead atoms. The van der Waals surface area contributed by atoms with Gasteiger partial charge in [-0.3, -0.25) is 0 Å². The molecule has 2 aliphatic rings. The van der Waals surface area contributed by atoms with Gasteiger partial charge in [0.1, 0.15) is 0 Å². The van der Waals surface area contributed by atoms with Gasteiger partial charge in [-0.25, -0.2) is 0 Å². The Bertz CT molecular complexity index is 510. The van der Waals surface area contributed by atoms with Crippen molar-refractivity contribution in [1.82, 2.24) is 0 Å². The van der Waals surface area contributed by atoms with Crippen molar-refractivity contribution >= 4 is 0 Å². The second-order valence-corrected chi connectivity index (χ2v) is 6.70. The summed E-state index contributed by atoms with van der Waals surface area (Å²) in [6, 6.07) is 10.8. The van der Waals surface area contributed by atoms with Crippen LogP contribution in [0.2, 0.25) is 0 Å². The van der Waals surface area contributed by atoms with Crippen molar-refractivity contribution in [3.8, 4) is 6.07 Å². The van der Waals surface area contributed by atoms with Crippen molar-refractivity contribution in [2.45, 2.75) is 57.5 Å². The summed E-state index contributed by atoms with van der Waals surface area (Å²) in [6.07, 6.45) is 6.37. The van der Waals surface area contributed by atoms with E-state index in [1.54, 1.807) is 0 Å². The Morgan fingerprint density at radius 3 is 2.20 bits per heavy atom. The molecule has 106 valence electrons. The van der Waals surface area contributed by atoms with Gasteiger partial charge in [0.15, 0.2) is 0 Å². The van der Waals surface area contributed by atoms with Crippen LogP contribution in [0.1, 0.15) is 50.2 Å². The Kier molecular flexibility index (Phi) is 3.34. The van der Waals surface area contributed by atoms with Crippen molar-refractivity contribution in [2.75, 3.05) is 0 Å². The average Bonchev–Trinajstić information content (AvgIpc) is 2.85. The highest BCUT2D eigenvalue weighted by Gasteiger charge is 2.54. The van der Waals surface area contributed by atoms with E-state index in [0.717, 1.165) is 31.6 Å². The Morgan fingerprint density at radius 1 is 1.20 bits per heavy atom. The van der Waals surface area contributed by atoms with Gasteiger partial charge in [-0.1, -0.05) is 37.6 Å². The lowest BCUT2D eigenvalue weighted by Crippen LogP contribution is -2.50. The minimum atomic E-state index is -0.857. The Morgan fingerprint density at radius 2 is 1.75 bits per heavy atom. The van der Waals surface area contributed by atoms with Gasteiger partial charge in [-0.05, 0) is 42.7 Å². The third kappa shape index (κ3) is 1.96. The molecule has 0 unspecified atom stereocenters. The predicted octanol–water partition coefficient (Wildman–Crippen LogP) is 3.63. The first-order valence-corrected chi connectivity index (χ1v) is 7.83. The highest BCUT2D eigenvalue weighted by atomic mass is 16.3. The Labute approximate surface area is 121 Å². The van der Waals surface area contributed by atoms with Crippen LogP contribution in [0.3, 0.4) is 0 Å². The van der Waals surface area contributed by atoms with Gasteiger partial charge in [0.2, 0.25) is 0 Å². The van der Waals surface area contributed by atoms with E-state index in [0.29, 0.717) is 12.8 Å². The van der Waals surface area contributed by atoms with Crippen molar-refractivity contribution < 1.29 is 5.11 Å². The number of nitriles is 1. The predicted molar refractivity (Wildman–Crippen MR) is 79.1 cm³/mol. The molecule has 0 atom stereocenters. The number of aliphatic hydroxyl groups is 1. The molecule has 1 saturated carbocycles. The van der Waals surface area contributed by atoms with Crippen LogP contribution in [0.15, 0.2) is 24.3 Å². The van der Waals surface area contributed by atoms with Crippen molar-refractivity contribution in [3.63, 3.8) is 0 Å². The zero-order valence-electron chi connectivity index (χ0n) is 12.2. The summed E-state index contributed by atoms with van der Waals surface area (Å²) in [4.78, 5) is 0. The molecule has 1 aromatic rings. The second kappa shape index (κ2) is 4.90. The fraction of sp³-hybridized carbons (Fsp3) is 0.611. The van der Waals surface area contributed by atoms with Crippen LogP contribution in [-0.2, 0) is 12.8 Å². The molecule has 0 heterocycles. The van der Waals surface area contributed by atoms with Crippen LogP contribution in [0, 0.1) is 22.7 Å². The first-order valence-electron chi connectivity index (χ1n) is 7.83. The van der Waals surface area contributed by atoms with Gasteiger partial charge in [0.05, 0.1) is 17.1 Å². The lowest BCUT2D eigenvalue weighted by atomic mass is 9.61. The number of nitrogens with zero attached hydrogens (tertiary/aromatic N) is 1. The molecule has 1 N–H and O–H groups in total. The molecule has 2 aliphatic carbocycles. The van der Waals surface area contributed by atoms with E-state index in [-0.39, 0.29) is 0 Å². The summed E-state index contributed by atoms with van der Waals surface area (Å²) in [5, 5.41) is 21.0. The maximum absolute atomic E-state index is 11.2. The van der Waals surface area contributed by atoms with Crippen LogP contribution >= 0.6 is 0 Å². The zero-order chi connectivity index (χ0) is 14.2. The van der Waals surface area contributed by atoms with Crippen molar-refractivity contribution in [1.29, 1.82) is 5.26 Å². The standard InChI is InChI=1S/C18H23NO/c1-2-14-7-9-17(13-19,10-8-14)18(20)11-15-5-3-4-6-16(15)12-18/h3-6,14,20H,2,7-12H2,1H3. The molecule has 0 aromatic heterocycles. The fourth-order valence-corrected chi connectivity index (χ4v) is 4.19. The summed E-state index contributed by atoms with van der Waals surface area (Å²) in [5.74, 6) is 0.740. The highest BCUT2D eigenvalue weighted by Crippen LogP contribution is 2.51. The molecular formula is C18H23NO. The van der Waals surface area contributed by atoms with Crippen LogP contribution < -0.4 is 0 Å². The summed E-state index contributed by atoms with van der Waals surface area (Å²) in [5.41, 5.74) is 1.05. The first-order chi connectivity index (χ1) is 9.62. The van der Waals surface area contributed by atoms with Crippen LogP contribution in [0.4, 0.5) is 0 Å². The highest BCUT2D eigenvalue weighted by molar-refractivity contribution is 5.38. The normalized spacial score (nSPS) is 31.6. The van der Waals surface area contributed by atoms with E-state index in [2.05, 4.69) is 25.1 Å². The van der Waals surface area contributed by atoms with E-state index in [4.69, 9.17) is 0 Å². The number of hydrogen-bond donors (Lipinski definition) is 1. The van der Waals surface area contributed by atoms with Crippen LogP contribution in [-0.4, -0.2) is 10.7 Å². The molecular weight excluding hydrogens is 246 g/mol. The molecule has 0 amide bonds. The third-order valence-electron chi connectivity index (χ3n) is 5.73. The van der Waals surface area contributed by atoms with Crippen LogP contribution in [0.5, 0.6) is 0 Å². The summed E-state index contributed by atoms with van der Waals surface area (Å²) in [6.45, 7) is 2.23. The molecule has 1 aromatic carbocycles. The Hall–Kier alpha value is -1.33. The topological polar surface area (TPSA) is 44.0 Å². The molecule has 20 heavy (non-hydrogen) atoms. The number of rotatable bonds is 2. The second-order valence-electron chi connectivity index (χ2n) is 6.70. The number of fused-ring (bicyclic) bond motifs is 1. The molecule has 3 rings (SSSR count). The molecule has 0 aliphatic heterocycles. The zero-order valence-corrected chi connectivity index (χ0v) is 12.2. The lowest BCUT2D eigenvalue weighted by Gasteiger charge is -2.44. The van der Waals surface area contributed by atoms with Crippen LogP contribution in [0.25, 0.3) is 0 Å². The summed E-state index contributed by atoms with van der Waals surface area (Å²) in [7, 11) is 0. The minimum Gasteiger partial charge on any atom is -0.388 e. The molecule has 1 fully saturated rings.